The van der Waals surface area contributed by atoms with E-state index in [9.17, 15) is 8.78 Å². The van der Waals surface area contributed by atoms with Crippen LogP contribution in [0.3, 0.4) is 0 Å². The first-order chi connectivity index (χ1) is 9.22. The first-order valence-electron chi connectivity index (χ1n) is 6.38. The van der Waals surface area contributed by atoms with E-state index in [-0.39, 0.29) is 18.0 Å². The molecule has 1 aromatic heterocycles. The minimum atomic E-state index is -0.519. The highest BCUT2D eigenvalue weighted by Crippen LogP contribution is 2.20. The molecular formula is C14H17F2N3. The predicted molar refractivity (Wildman–Crippen MR) is 69.7 cm³/mol. The molecule has 0 saturated heterocycles. The number of rotatable bonds is 6. The molecule has 0 aliphatic rings. The molecule has 1 atom stereocenters. The minimum absolute atomic E-state index is 0.0903. The van der Waals surface area contributed by atoms with E-state index in [1.165, 1.54) is 18.2 Å². The molecule has 0 aliphatic carbocycles. The van der Waals surface area contributed by atoms with E-state index in [0.717, 1.165) is 13.0 Å². The Hall–Kier alpha value is -1.75. The second-order valence-electron chi connectivity index (χ2n) is 4.39. The van der Waals surface area contributed by atoms with Gasteiger partial charge in [0.15, 0.2) is 0 Å². The van der Waals surface area contributed by atoms with Gasteiger partial charge in [-0.1, -0.05) is 13.0 Å². The van der Waals surface area contributed by atoms with E-state index in [4.69, 9.17) is 0 Å². The Bertz CT molecular complexity index is 491. The highest BCUT2D eigenvalue weighted by atomic mass is 19.1. The second kappa shape index (κ2) is 6.43. The van der Waals surface area contributed by atoms with Gasteiger partial charge in [0.2, 0.25) is 0 Å². The molecule has 0 radical (unpaired) electrons. The highest BCUT2D eigenvalue weighted by molar-refractivity contribution is 5.21. The van der Waals surface area contributed by atoms with Crippen molar-refractivity contribution in [2.45, 2.75) is 25.8 Å². The monoisotopic (exact) mass is 265 g/mol. The smallest absolute Gasteiger partial charge is 0.129 e. The largest absolute Gasteiger partial charge is 0.347 e. The Morgan fingerprint density at radius 1 is 1.32 bits per heavy atom. The van der Waals surface area contributed by atoms with Crippen LogP contribution in [0.2, 0.25) is 0 Å². The van der Waals surface area contributed by atoms with Gasteiger partial charge in [-0.15, -0.1) is 0 Å². The molecule has 0 aliphatic heterocycles. The maximum absolute atomic E-state index is 13.7. The van der Waals surface area contributed by atoms with Gasteiger partial charge in [0.1, 0.15) is 17.5 Å². The van der Waals surface area contributed by atoms with Crippen LogP contribution >= 0.6 is 0 Å². The van der Waals surface area contributed by atoms with Crippen LogP contribution in [-0.4, -0.2) is 16.5 Å². The lowest BCUT2D eigenvalue weighted by Gasteiger charge is -2.17. The summed E-state index contributed by atoms with van der Waals surface area (Å²) < 4.78 is 27.4. The lowest BCUT2D eigenvalue weighted by atomic mass is 10.0. The van der Waals surface area contributed by atoms with Crippen molar-refractivity contribution in [3.8, 4) is 0 Å². The van der Waals surface area contributed by atoms with Gasteiger partial charge in [0, 0.05) is 24.4 Å². The van der Waals surface area contributed by atoms with Gasteiger partial charge in [0.25, 0.3) is 0 Å². The summed E-state index contributed by atoms with van der Waals surface area (Å²) >= 11 is 0. The molecule has 0 bridgehead atoms. The van der Waals surface area contributed by atoms with Crippen molar-refractivity contribution in [2.75, 3.05) is 6.54 Å². The number of hydrogen-bond donors (Lipinski definition) is 2. The van der Waals surface area contributed by atoms with Crippen molar-refractivity contribution >= 4 is 0 Å². The van der Waals surface area contributed by atoms with Crippen molar-refractivity contribution in [3.63, 3.8) is 0 Å². The molecule has 2 aromatic rings. The number of aromatic amines is 1. The summed E-state index contributed by atoms with van der Waals surface area (Å²) in [5, 5.41) is 3.25. The number of nitrogens with zero attached hydrogens (tertiary/aromatic N) is 1. The van der Waals surface area contributed by atoms with Crippen LogP contribution in [-0.2, 0) is 6.42 Å². The molecule has 1 unspecified atom stereocenters. The molecule has 2 rings (SSSR count). The number of aromatic nitrogens is 2. The van der Waals surface area contributed by atoms with Crippen LogP contribution < -0.4 is 5.32 Å². The average Bonchev–Trinajstić information content (AvgIpc) is 2.91. The maximum atomic E-state index is 13.7. The summed E-state index contributed by atoms with van der Waals surface area (Å²) in [5.74, 6) is -0.346. The zero-order chi connectivity index (χ0) is 13.7. The molecule has 0 fully saturated rings. The quantitative estimate of drug-likeness (QED) is 0.843. The summed E-state index contributed by atoms with van der Waals surface area (Å²) in [6.07, 6.45) is 4.50. The molecule has 3 nitrogen and oxygen atoms in total. The maximum Gasteiger partial charge on any atom is 0.129 e. The van der Waals surface area contributed by atoms with E-state index in [2.05, 4.69) is 15.3 Å². The third-order valence-corrected chi connectivity index (χ3v) is 2.96. The Morgan fingerprint density at radius 3 is 2.63 bits per heavy atom. The van der Waals surface area contributed by atoms with Crippen molar-refractivity contribution in [1.29, 1.82) is 0 Å². The molecule has 0 amide bonds. The third kappa shape index (κ3) is 3.38. The zero-order valence-electron chi connectivity index (χ0n) is 10.8. The van der Waals surface area contributed by atoms with Crippen molar-refractivity contribution in [3.05, 3.63) is 53.6 Å². The number of nitrogens with one attached hydrogen (secondary N) is 2. The van der Waals surface area contributed by atoms with Gasteiger partial charge in [0.05, 0.1) is 6.04 Å². The number of halogens is 2. The molecule has 0 saturated carbocycles. The van der Waals surface area contributed by atoms with Crippen LogP contribution in [0.4, 0.5) is 8.78 Å². The Morgan fingerprint density at radius 2 is 2.05 bits per heavy atom. The van der Waals surface area contributed by atoms with E-state index < -0.39 is 11.6 Å². The van der Waals surface area contributed by atoms with Crippen molar-refractivity contribution < 1.29 is 8.78 Å². The van der Waals surface area contributed by atoms with Gasteiger partial charge in [-0.05, 0) is 25.1 Å². The number of hydrogen-bond acceptors (Lipinski definition) is 2. The van der Waals surface area contributed by atoms with Gasteiger partial charge < -0.3 is 10.3 Å². The topological polar surface area (TPSA) is 40.7 Å². The van der Waals surface area contributed by atoms with E-state index in [0.29, 0.717) is 5.82 Å². The summed E-state index contributed by atoms with van der Waals surface area (Å²) in [4.78, 5) is 7.15. The molecule has 1 aromatic carbocycles. The summed E-state index contributed by atoms with van der Waals surface area (Å²) in [5.41, 5.74) is 0.0903. The van der Waals surface area contributed by atoms with Gasteiger partial charge >= 0.3 is 0 Å². The molecule has 102 valence electrons. The lowest BCUT2D eigenvalue weighted by Crippen LogP contribution is -2.25. The average molecular weight is 265 g/mol. The summed E-state index contributed by atoms with van der Waals surface area (Å²) in [6.45, 7) is 2.80. The molecular weight excluding hydrogens is 248 g/mol. The first kappa shape index (κ1) is 13.7. The lowest BCUT2D eigenvalue weighted by molar-refractivity contribution is 0.476. The Kier molecular flexibility index (Phi) is 4.63. The first-order valence-corrected chi connectivity index (χ1v) is 6.38. The van der Waals surface area contributed by atoms with Crippen LogP contribution in [0.5, 0.6) is 0 Å². The fourth-order valence-corrected chi connectivity index (χ4v) is 1.98. The van der Waals surface area contributed by atoms with Crippen molar-refractivity contribution in [1.82, 2.24) is 15.3 Å². The van der Waals surface area contributed by atoms with Crippen LogP contribution in [0.25, 0.3) is 0 Å². The third-order valence-electron chi connectivity index (χ3n) is 2.96. The molecule has 5 heteroatoms. The number of benzene rings is 1. The molecule has 2 N–H and O–H groups in total. The highest BCUT2D eigenvalue weighted by Gasteiger charge is 2.18. The molecule has 19 heavy (non-hydrogen) atoms. The van der Waals surface area contributed by atoms with E-state index in [1.54, 1.807) is 12.4 Å². The number of H-pyrrole nitrogens is 1. The van der Waals surface area contributed by atoms with Gasteiger partial charge in [-0.2, -0.15) is 0 Å². The van der Waals surface area contributed by atoms with E-state index >= 15 is 0 Å². The van der Waals surface area contributed by atoms with Gasteiger partial charge in [-0.3, -0.25) is 0 Å². The van der Waals surface area contributed by atoms with Crippen LogP contribution in [0.15, 0.2) is 30.6 Å². The minimum Gasteiger partial charge on any atom is -0.347 e. The van der Waals surface area contributed by atoms with Crippen LogP contribution in [0.1, 0.15) is 30.8 Å². The SMILES string of the molecule is CCCNC(Cc1c(F)cccc1F)c1ncc[nH]1. The fourth-order valence-electron chi connectivity index (χ4n) is 1.98. The molecule has 0 spiro atoms. The molecule has 1 heterocycles. The fraction of sp³-hybridized carbons (Fsp3) is 0.357. The Balaban J connectivity index is 2.20. The van der Waals surface area contributed by atoms with Crippen molar-refractivity contribution in [2.24, 2.45) is 0 Å². The zero-order valence-corrected chi connectivity index (χ0v) is 10.8. The Labute approximate surface area is 111 Å². The summed E-state index contributed by atoms with van der Waals surface area (Å²) in [6, 6.07) is 3.70. The second-order valence-corrected chi connectivity index (χ2v) is 4.39. The summed E-state index contributed by atoms with van der Waals surface area (Å²) in [7, 11) is 0. The van der Waals surface area contributed by atoms with Gasteiger partial charge in [-0.25, -0.2) is 13.8 Å². The normalized spacial score (nSPS) is 12.6. The van der Waals surface area contributed by atoms with E-state index in [1.807, 2.05) is 6.92 Å². The predicted octanol–water partition coefficient (Wildman–Crippen LogP) is 2.97. The van der Waals surface area contributed by atoms with Crippen LogP contribution in [0, 0.1) is 11.6 Å². The standard InChI is InChI=1S/C14H17F2N3/c1-2-6-17-13(14-18-7-8-19-14)9-10-11(15)4-3-5-12(10)16/h3-5,7-8,13,17H,2,6,9H2,1H3,(H,18,19). The number of imidazole rings is 1.